The Hall–Kier alpha value is -2.61. The van der Waals surface area contributed by atoms with Crippen LogP contribution < -0.4 is 5.32 Å². The number of fused-ring (bicyclic) bond motifs is 1. The Bertz CT molecular complexity index is 1080. The maximum Gasteiger partial charge on any atom is 0.416 e. The zero-order chi connectivity index (χ0) is 24.0. The molecular formula is C26H30F4N2OS. The average molecular weight is 495 g/mol. The molecule has 2 aromatic carbocycles. The predicted molar refractivity (Wildman–Crippen MR) is 132 cm³/mol. The lowest BCUT2D eigenvalue weighted by atomic mass is 9.78. The van der Waals surface area contributed by atoms with E-state index >= 15 is 0 Å². The lowest BCUT2D eigenvalue weighted by Crippen LogP contribution is -2.31. The summed E-state index contributed by atoms with van der Waals surface area (Å²) in [5, 5.41) is 3.69. The Labute approximate surface area is 204 Å². The van der Waals surface area contributed by atoms with Gasteiger partial charge < -0.3 is 5.32 Å². The molecule has 0 saturated heterocycles. The van der Waals surface area contributed by atoms with Crippen molar-refractivity contribution in [3.63, 3.8) is 0 Å². The molecule has 8 heteroatoms. The number of halogens is 4. The van der Waals surface area contributed by atoms with E-state index in [1.807, 2.05) is 19.9 Å². The first-order valence-corrected chi connectivity index (χ1v) is 11.3. The number of pyridine rings is 1. The van der Waals surface area contributed by atoms with Crippen LogP contribution in [0.15, 0.2) is 54.7 Å². The second-order valence-corrected chi connectivity index (χ2v) is 8.06. The fourth-order valence-corrected chi connectivity index (χ4v) is 4.32. The molecule has 34 heavy (non-hydrogen) atoms. The number of hydrogen-bond acceptors (Lipinski definition) is 2. The third-order valence-corrected chi connectivity index (χ3v) is 6.05. The quantitative estimate of drug-likeness (QED) is 0.389. The molecule has 0 radical (unpaired) electrons. The first-order valence-electron chi connectivity index (χ1n) is 11.3. The van der Waals surface area contributed by atoms with Crippen molar-refractivity contribution >= 4 is 30.3 Å². The number of aromatic nitrogens is 1. The Morgan fingerprint density at radius 2 is 1.65 bits per heavy atom. The van der Waals surface area contributed by atoms with Gasteiger partial charge in [0.2, 0.25) is 0 Å². The Balaban J connectivity index is 0.00000133. The van der Waals surface area contributed by atoms with Crippen molar-refractivity contribution in [1.29, 1.82) is 0 Å². The summed E-state index contributed by atoms with van der Waals surface area (Å²) >= 11 is 0. The van der Waals surface area contributed by atoms with Crippen LogP contribution in [0.4, 0.5) is 17.6 Å². The molecule has 0 bridgehead atoms. The van der Waals surface area contributed by atoms with Crippen LogP contribution in [0.3, 0.4) is 0 Å². The van der Waals surface area contributed by atoms with Crippen LogP contribution in [0, 0.1) is 11.7 Å². The first-order chi connectivity index (χ1) is 15.8. The van der Waals surface area contributed by atoms with E-state index in [9.17, 15) is 22.4 Å². The molecule has 1 fully saturated rings. The molecule has 0 atom stereocenters. The van der Waals surface area contributed by atoms with E-state index in [0.717, 1.165) is 54.3 Å². The van der Waals surface area contributed by atoms with Gasteiger partial charge in [0, 0.05) is 23.7 Å². The lowest BCUT2D eigenvalue weighted by molar-refractivity contribution is -0.137. The van der Waals surface area contributed by atoms with Gasteiger partial charge in [-0.3, -0.25) is 9.78 Å². The van der Waals surface area contributed by atoms with Gasteiger partial charge in [0.05, 0.1) is 11.1 Å². The minimum absolute atomic E-state index is 0. The highest BCUT2D eigenvalue weighted by Crippen LogP contribution is 2.38. The van der Waals surface area contributed by atoms with Crippen molar-refractivity contribution in [3.05, 3.63) is 77.2 Å². The van der Waals surface area contributed by atoms with Crippen molar-refractivity contribution in [1.82, 2.24) is 10.3 Å². The number of rotatable bonds is 4. The number of benzene rings is 2. The molecule has 1 aliphatic rings. The Kier molecular flexibility index (Phi) is 9.91. The zero-order valence-corrected chi connectivity index (χ0v) is 20.3. The Morgan fingerprint density at radius 1 is 1.00 bits per heavy atom. The summed E-state index contributed by atoms with van der Waals surface area (Å²) in [6.07, 6.45) is 1.02. The fourth-order valence-electron chi connectivity index (χ4n) is 4.32. The van der Waals surface area contributed by atoms with Crippen molar-refractivity contribution < 1.29 is 22.4 Å². The number of carbonyl (C=O) groups excluding carboxylic acids is 1. The van der Waals surface area contributed by atoms with Gasteiger partial charge >= 0.3 is 6.18 Å². The lowest BCUT2D eigenvalue weighted by Gasteiger charge is -2.29. The van der Waals surface area contributed by atoms with Crippen LogP contribution in [0.2, 0.25) is 0 Å². The number of amides is 1. The molecule has 184 valence electrons. The minimum Gasteiger partial charge on any atom is -0.352 e. The number of carbonyl (C=O) groups is 1. The number of nitrogens with zero attached hydrogens (tertiary/aromatic N) is 1. The van der Waals surface area contributed by atoms with Crippen LogP contribution in [0.25, 0.3) is 10.9 Å². The first kappa shape index (κ1) is 27.6. The topological polar surface area (TPSA) is 42.0 Å². The molecule has 0 unspecified atom stereocenters. The molecule has 4 rings (SSSR count). The monoisotopic (exact) mass is 494 g/mol. The van der Waals surface area contributed by atoms with E-state index in [4.69, 9.17) is 0 Å². The van der Waals surface area contributed by atoms with Crippen molar-refractivity contribution in [2.45, 2.75) is 51.6 Å². The van der Waals surface area contributed by atoms with Crippen molar-refractivity contribution in [2.75, 3.05) is 6.54 Å². The van der Waals surface area contributed by atoms with E-state index in [2.05, 4.69) is 10.3 Å². The largest absolute Gasteiger partial charge is 0.416 e. The highest BCUT2D eigenvalue weighted by atomic mass is 32.1. The second kappa shape index (κ2) is 12.2. The summed E-state index contributed by atoms with van der Waals surface area (Å²) in [5.74, 6) is -0.0264. The molecule has 1 aliphatic carbocycles. The molecule has 3 aromatic rings. The molecule has 1 heterocycles. The van der Waals surface area contributed by atoms with Gasteiger partial charge in [-0.2, -0.15) is 26.7 Å². The van der Waals surface area contributed by atoms with Gasteiger partial charge in [0.1, 0.15) is 5.82 Å². The van der Waals surface area contributed by atoms with Gasteiger partial charge in [0.15, 0.2) is 0 Å². The summed E-state index contributed by atoms with van der Waals surface area (Å²) < 4.78 is 51.7. The van der Waals surface area contributed by atoms with Gasteiger partial charge in [-0.05, 0) is 91.6 Å². The number of alkyl halides is 3. The smallest absolute Gasteiger partial charge is 0.352 e. The van der Waals surface area contributed by atoms with Crippen LogP contribution >= 0.6 is 13.5 Å². The van der Waals surface area contributed by atoms with Crippen molar-refractivity contribution in [2.24, 2.45) is 5.92 Å². The average Bonchev–Trinajstić information content (AvgIpc) is 2.83. The van der Waals surface area contributed by atoms with Gasteiger partial charge in [-0.15, -0.1) is 0 Å². The molecule has 0 aliphatic heterocycles. The minimum atomic E-state index is -4.42. The van der Waals surface area contributed by atoms with Gasteiger partial charge in [0.25, 0.3) is 5.91 Å². The number of nitrogens with one attached hydrogen (secondary N) is 1. The third-order valence-electron chi connectivity index (χ3n) is 6.05. The van der Waals surface area contributed by atoms with E-state index in [1.165, 1.54) is 24.3 Å². The highest BCUT2D eigenvalue weighted by molar-refractivity contribution is 7.59. The molecule has 1 saturated carbocycles. The summed E-state index contributed by atoms with van der Waals surface area (Å²) in [6, 6.07) is 10.8. The standard InChI is InChI=1S/C24H22F4N2O.C2H6.H2S/c25-19-9-10-22-21(13-19)20(11-12-29-22)16-3-1-15(2-4-16)14-30-23(31)17-5-7-18(8-6-17)24(26,27)28;1-2;/h5-13,15-16H,1-4,14H2,(H,30,31);1-2H3;1H2. The summed E-state index contributed by atoms with van der Waals surface area (Å²) in [4.78, 5) is 16.6. The van der Waals surface area contributed by atoms with E-state index < -0.39 is 11.7 Å². The summed E-state index contributed by atoms with van der Waals surface area (Å²) in [6.45, 7) is 4.48. The van der Waals surface area contributed by atoms with Gasteiger partial charge in [-0.25, -0.2) is 4.39 Å². The maximum atomic E-state index is 13.7. The van der Waals surface area contributed by atoms with E-state index in [-0.39, 0.29) is 30.8 Å². The van der Waals surface area contributed by atoms with E-state index in [1.54, 1.807) is 12.3 Å². The molecule has 1 N–H and O–H groups in total. The normalized spacial score (nSPS) is 17.8. The molecule has 3 nitrogen and oxygen atoms in total. The highest BCUT2D eigenvalue weighted by Gasteiger charge is 2.30. The summed E-state index contributed by atoms with van der Waals surface area (Å²) in [5.41, 5.74) is 1.33. The van der Waals surface area contributed by atoms with Crippen LogP contribution in [-0.2, 0) is 6.18 Å². The third kappa shape index (κ3) is 6.72. The van der Waals surface area contributed by atoms with E-state index in [0.29, 0.717) is 18.4 Å². The molecular weight excluding hydrogens is 464 g/mol. The Morgan fingerprint density at radius 3 is 2.26 bits per heavy atom. The molecule has 1 aromatic heterocycles. The van der Waals surface area contributed by atoms with Crippen LogP contribution in [-0.4, -0.2) is 17.4 Å². The zero-order valence-electron chi connectivity index (χ0n) is 19.3. The SMILES string of the molecule is CC.O=C(NCC1CCC(c2ccnc3ccc(F)cc23)CC1)c1ccc(C(F)(F)F)cc1.S. The molecule has 0 spiro atoms. The maximum absolute atomic E-state index is 13.7. The van der Waals surface area contributed by atoms with Crippen LogP contribution in [0.5, 0.6) is 0 Å². The second-order valence-electron chi connectivity index (χ2n) is 8.06. The fraction of sp³-hybridized carbons (Fsp3) is 0.385. The summed E-state index contributed by atoms with van der Waals surface area (Å²) in [7, 11) is 0. The number of hydrogen-bond donors (Lipinski definition) is 1. The van der Waals surface area contributed by atoms with Crippen molar-refractivity contribution in [3.8, 4) is 0 Å². The molecule has 1 amide bonds. The van der Waals surface area contributed by atoms with Gasteiger partial charge in [-0.1, -0.05) is 13.8 Å². The van der Waals surface area contributed by atoms with Crippen LogP contribution in [0.1, 0.15) is 66.9 Å². The predicted octanol–water partition coefficient (Wildman–Crippen LogP) is 7.24.